The molecule has 0 amide bonds. The Morgan fingerprint density at radius 1 is 1.18 bits per heavy atom. The van der Waals surface area contributed by atoms with Gasteiger partial charge in [-0.1, -0.05) is 38.9 Å². The van der Waals surface area contributed by atoms with Gasteiger partial charge in [0.05, 0.1) is 0 Å². The highest BCUT2D eigenvalue weighted by Crippen LogP contribution is 2.11. The molecule has 11 heavy (non-hydrogen) atoms. The molecule has 0 aromatic heterocycles. The van der Waals surface area contributed by atoms with Crippen molar-refractivity contribution in [2.75, 3.05) is 12.3 Å². The second kappa shape index (κ2) is 5.70. The number of hydrogen-bond donors (Lipinski definition) is 0. The van der Waals surface area contributed by atoms with Gasteiger partial charge >= 0.3 is 0 Å². The molecule has 0 bridgehead atoms. The Labute approximate surface area is 72.8 Å². The number of benzene rings is 1. The normalized spacial score (nSPS) is 11.0. The van der Waals surface area contributed by atoms with Crippen molar-refractivity contribution in [3.63, 3.8) is 0 Å². The van der Waals surface area contributed by atoms with Crippen molar-refractivity contribution in [3.05, 3.63) is 30.3 Å². The summed E-state index contributed by atoms with van der Waals surface area (Å²) in [5, 5.41) is 1.49. The Kier molecular flexibility index (Phi) is 4.75. The predicted octanol–water partition coefficient (Wildman–Crippen LogP) is 2.26. The van der Waals surface area contributed by atoms with Crippen molar-refractivity contribution in [2.45, 2.75) is 6.42 Å². The van der Waals surface area contributed by atoms with Gasteiger partial charge < -0.3 is 0 Å². The molecule has 0 fully saturated rings. The number of rotatable bonds is 4. The third kappa shape index (κ3) is 3.85. The average Bonchev–Trinajstić information content (AvgIpc) is 2.07. The van der Waals surface area contributed by atoms with Gasteiger partial charge in [0, 0.05) is 0 Å². The van der Waals surface area contributed by atoms with Crippen LogP contribution in [0.15, 0.2) is 30.3 Å². The maximum Gasteiger partial charge on any atom is -0.0271 e. The van der Waals surface area contributed by atoms with E-state index in [1.807, 2.05) is 0 Å². The summed E-state index contributed by atoms with van der Waals surface area (Å²) in [5.41, 5.74) is 0. The van der Waals surface area contributed by atoms with Crippen molar-refractivity contribution < 1.29 is 0 Å². The van der Waals surface area contributed by atoms with Gasteiger partial charge in [0.25, 0.3) is 0 Å². The summed E-state index contributed by atoms with van der Waals surface area (Å²) in [4.78, 5) is 0. The molecule has 0 aliphatic carbocycles. The molecule has 2 unspecified atom stereocenters. The van der Waals surface area contributed by atoms with E-state index < -0.39 is 0 Å². The van der Waals surface area contributed by atoms with Crippen LogP contribution in [0.1, 0.15) is 6.42 Å². The molecular formula is C9H14P2. The second-order valence-corrected chi connectivity index (χ2v) is 4.44. The molecule has 0 spiro atoms. The molecule has 0 aliphatic heterocycles. The van der Waals surface area contributed by atoms with Crippen molar-refractivity contribution in [2.24, 2.45) is 0 Å². The molecule has 0 radical (unpaired) electrons. The van der Waals surface area contributed by atoms with Crippen molar-refractivity contribution in [3.8, 4) is 0 Å². The Morgan fingerprint density at radius 3 is 2.55 bits per heavy atom. The largest absolute Gasteiger partial charge is 0.138 e. The lowest BCUT2D eigenvalue weighted by atomic mass is 10.4. The standard InChI is InChI=1S/C9H14P2/c10-7-4-8-11-9-5-2-1-3-6-9/h1-3,5-6,11H,4,7-8,10H2. The Balaban J connectivity index is 2.28. The minimum Gasteiger partial charge on any atom is -0.138 e. The lowest BCUT2D eigenvalue weighted by Crippen LogP contribution is -1.93. The minimum absolute atomic E-state index is 0.998. The van der Waals surface area contributed by atoms with Gasteiger partial charge in [-0.05, 0) is 24.0 Å². The van der Waals surface area contributed by atoms with Crippen LogP contribution >= 0.6 is 17.8 Å². The molecule has 0 aliphatic rings. The first-order chi connectivity index (χ1) is 5.43. The highest BCUT2D eigenvalue weighted by atomic mass is 31.1. The molecule has 0 saturated carbocycles. The molecule has 2 heteroatoms. The molecular weight excluding hydrogens is 170 g/mol. The van der Waals surface area contributed by atoms with Crippen LogP contribution in [0.2, 0.25) is 0 Å². The van der Waals surface area contributed by atoms with Crippen LogP contribution in [0.25, 0.3) is 0 Å². The summed E-state index contributed by atoms with van der Waals surface area (Å²) in [7, 11) is 3.77. The molecule has 1 rings (SSSR count). The third-order valence-corrected chi connectivity index (χ3v) is 3.24. The highest BCUT2D eigenvalue weighted by Gasteiger charge is 1.88. The van der Waals surface area contributed by atoms with Gasteiger partial charge in [0.1, 0.15) is 0 Å². The molecule has 0 N–H and O–H groups in total. The first-order valence-corrected chi connectivity index (χ1v) is 5.95. The fourth-order valence-corrected chi connectivity index (χ4v) is 2.60. The van der Waals surface area contributed by atoms with Gasteiger partial charge in [-0.3, -0.25) is 0 Å². The average molecular weight is 184 g/mol. The van der Waals surface area contributed by atoms with Gasteiger partial charge in [0.15, 0.2) is 0 Å². The van der Waals surface area contributed by atoms with Gasteiger partial charge in [-0.2, -0.15) is 0 Å². The molecule has 2 atom stereocenters. The zero-order valence-corrected chi connectivity index (χ0v) is 8.74. The van der Waals surface area contributed by atoms with E-state index in [0.29, 0.717) is 0 Å². The Morgan fingerprint density at radius 2 is 1.91 bits per heavy atom. The van der Waals surface area contributed by atoms with E-state index in [1.165, 1.54) is 24.0 Å². The van der Waals surface area contributed by atoms with Gasteiger partial charge in [-0.15, -0.1) is 9.24 Å². The summed E-state index contributed by atoms with van der Waals surface area (Å²) in [6, 6.07) is 10.7. The highest BCUT2D eigenvalue weighted by molar-refractivity contribution is 7.47. The SMILES string of the molecule is PCCCPc1ccccc1. The van der Waals surface area contributed by atoms with E-state index in [4.69, 9.17) is 0 Å². The van der Waals surface area contributed by atoms with E-state index in [2.05, 4.69) is 39.6 Å². The fourth-order valence-electron chi connectivity index (χ4n) is 0.891. The molecule has 0 saturated heterocycles. The monoisotopic (exact) mass is 184 g/mol. The van der Waals surface area contributed by atoms with Crippen LogP contribution in [0, 0.1) is 0 Å². The van der Waals surface area contributed by atoms with Gasteiger partial charge in [0.2, 0.25) is 0 Å². The molecule has 1 aromatic carbocycles. The summed E-state index contributed by atoms with van der Waals surface area (Å²) in [5.74, 6) is 0. The number of hydrogen-bond acceptors (Lipinski definition) is 0. The smallest absolute Gasteiger partial charge is 0.0271 e. The molecule has 0 nitrogen and oxygen atoms in total. The topological polar surface area (TPSA) is 0 Å². The summed E-state index contributed by atoms with van der Waals surface area (Å²) < 4.78 is 0. The Bertz CT molecular complexity index is 184. The van der Waals surface area contributed by atoms with Crippen LogP contribution in [-0.4, -0.2) is 12.3 Å². The lowest BCUT2D eigenvalue weighted by Gasteiger charge is -1.98. The van der Waals surface area contributed by atoms with Crippen molar-refractivity contribution in [1.29, 1.82) is 0 Å². The van der Waals surface area contributed by atoms with Crippen LogP contribution < -0.4 is 5.30 Å². The van der Waals surface area contributed by atoms with E-state index in [9.17, 15) is 0 Å². The van der Waals surface area contributed by atoms with E-state index in [-0.39, 0.29) is 0 Å². The Hall–Kier alpha value is 0.0800. The first-order valence-electron chi connectivity index (χ1n) is 3.92. The zero-order chi connectivity index (χ0) is 7.94. The fraction of sp³-hybridized carbons (Fsp3) is 0.333. The van der Waals surface area contributed by atoms with Gasteiger partial charge in [-0.25, -0.2) is 0 Å². The predicted molar refractivity (Wildman–Crippen MR) is 58.5 cm³/mol. The third-order valence-electron chi connectivity index (χ3n) is 1.48. The summed E-state index contributed by atoms with van der Waals surface area (Å²) in [6.07, 6.45) is 3.91. The molecule has 60 valence electrons. The van der Waals surface area contributed by atoms with Crippen LogP contribution in [0.4, 0.5) is 0 Å². The summed E-state index contributed by atoms with van der Waals surface area (Å²) >= 11 is 0. The quantitative estimate of drug-likeness (QED) is 0.497. The second-order valence-electron chi connectivity index (χ2n) is 2.44. The maximum absolute atomic E-state index is 2.77. The van der Waals surface area contributed by atoms with Crippen molar-refractivity contribution in [1.82, 2.24) is 0 Å². The first kappa shape index (κ1) is 9.17. The van der Waals surface area contributed by atoms with E-state index >= 15 is 0 Å². The summed E-state index contributed by atoms with van der Waals surface area (Å²) in [6.45, 7) is 0. The van der Waals surface area contributed by atoms with E-state index in [0.717, 1.165) is 8.58 Å². The molecule has 0 heterocycles. The minimum atomic E-state index is 0.998. The van der Waals surface area contributed by atoms with Crippen LogP contribution in [0.5, 0.6) is 0 Å². The van der Waals surface area contributed by atoms with E-state index in [1.54, 1.807) is 0 Å². The molecule has 1 aromatic rings. The zero-order valence-electron chi connectivity index (χ0n) is 6.59. The van der Waals surface area contributed by atoms with Crippen LogP contribution in [-0.2, 0) is 0 Å². The van der Waals surface area contributed by atoms with Crippen LogP contribution in [0.3, 0.4) is 0 Å². The maximum atomic E-state index is 2.77. The van der Waals surface area contributed by atoms with Crippen molar-refractivity contribution >= 4 is 23.1 Å². The lowest BCUT2D eigenvalue weighted by molar-refractivity contribution is 1.12.